The van der Waals surface area contributed by atoms with Gasteiger partial charge in [-0.2, -0.15) is 0 Å². The van der Waals surface area contributed by atoms with E-state index in [-0.39, 0.29) is 36.5 Å². The average Bonchev–Trinajstić information content (AvgIpc) is 2.98. The molecule has 9 nitrogen and oxygen atoms in total. The Labute approximate surface area is 264 Å². The van der Waals surface area contributed by atoms with Gasteiger partial charge in [-0.25, -0.2) is 0 Å². The number of hydrogen-bond acceptors (Lipinski definition) is 7. The van der Waals surface area contributed by atoms with Crippen LogP contribution >= 0.6 is 0 Å². The van der Waals surface area contributed by atoms with E-state index in [1.165, 1.54) is 5.56 Å². The van der Waals surface area contributed by atoms with Crippen molar-refractivity contribution in [2.45, 2.75) is 77.7 Å². The van der Waals surface area contributed by atoms with Gasteiger partial charge in [-0.3, -0.25) is 14.5 Å². The number of amides is 2. The third kappa shape index (κ3) is 11.5. The number of hydrogen-bond donors (Lipinski definition) is 2. The van der Waals surface area contributed by atoms with Crippen molar-refractivity contribution < 1.29 is 24.2 Å². The van der Waals surface area contributed by atoms with Gasteiger partial charge in [-0.15, -0.1) is 0 Å². The van der Waals surface area contributed by atoms with E-state index in [4.69, 9.17) is 9.47 Å². The van der Waals surface area contributed by atoms with Gasteiger partial charge >= 0.3 is 0 Å². The first kappa shape index (κ1) is 35.5. The van der Waals surface area contributed by atoms with Gasteiger partial charge in [0.15, 0.2) is 0 Å². The molecule has 2 aromatic carbocycles. The number of aliphatic hydroxyl groups excluding tert-OH is 1. The van der Waals surface area contributed by atoms with Crippen LogP contribution in [-0.2, 0) is 16.1 Å². The largest absolute Gasteiger partial charge is 0.490 e. The molecule has 0 saturated heterocycles. The van der Waals surface area contributed by atoms with Crippen LogP contribution in [0.1, 0.15) is 68.8 Å². The van der Waals surface area contributed by atoms with Crippen molar-refractivity contribution in [1.29, 1.82) is 0 Å². The van der Waals surface area contributed by atoms with Crippen molar-refractivity contribution in [1.82, 2.24) is 14.7 Å². The monoisotopic (exact) mass is 610 g/mol. The van der Waals surface area contributed by atoms with Crippen molar-refractivity contribution in [2.24, 2.45) is 5.92 Å². The predicted molar refractivity (Wildman–Crippen MR) is 176 cm³/mol. The second kappa shape index (κ2) is 18.1. The fourth-order valence-corrected chi connectivity index (χ4v) is 5.51. The van der Waals surface area contributed by atoms with Gasteiger partial charge in [-0.1, -0.05) is 37.3 Å². The fraction of sp³-hybridized carbons (Fsp3) is 0.600. The van der Waals surface area contributed by atoms with Gasteiger partial charge < -0.3 is 29.7 Å². The molecule has 9 heteroatoms. The maximum absolute atomic E-state index is 14.3. The van der Waals surface area contributed by atoms with E-state index in [2.05, 4.69) is 36.3 Å². The Bertz CT molecular complexity index is 1160. The van der Waals surface area contributed by atoms with E-state index in [9.17, 15) is 14.7 Å². The quantitative estimate of drug-likeness (QED) is 0.374. The molecule has 44 heavy (non-hydrogen) atoms. The molecule has 4 atom stereocenters. The van der Waals surface area contributed by atoms with Crippen molar-refractivity contribution in [3.8, 4) is 5.75 Å². The van der Waals surface area contributed by atoms with Crippen LogP contribution < -0.4 is 10.1 Å². The molecule has 244 valence electrons. The summed E-state index contributed by atoms with van der Waals surface area (Å²) >= 11 is 0. The Morgan fingerprint density at radius 2 is 1.86 bits per heavy atom. The number of nitrogens with one attached hydrogen (secondary N) is 1. The highest BCUT2D eigenvalue weighted by Gasteiger charge is 2.30. The molecule has 0 bridgehead atoms. The lowest BCUT2D eigenvalue weighted by molar-refractivity contribution is -0.116. The van der Waals surface area contributed by atoms with Crippen molar-refractivity contribution in [3.05, 3.63) is 59.7 Å². The van der Waals surface area contributed by atoms with Gasteiger partial charge in [0.2, 0.25) is 5.91 Å². The van der Waals surface area contributed by atoms with Gasteiger partial charge in [0.1, 0.15) is 5.75 Å². The van der Waals surface area contributed by atoms with Crippen LogP contribution in [0.3, 0.4) is 0 Å². The van der Waals surface area contributed by atoms with Gasteiger partial charge in [-0.05, 0) is 91.0 Å². The van der Waals surface area contributed by atoms with E-state index >= 15 is 0 Å². The summed E-state index contributed by atoms with van der Waals surface area (Å²) in [5.74, 6) is 0.154. The maximum Gasteiger partial charge on any atom is 0.258 e. The molecule has 0 fully saturated rings. The lowest BCUT2D eigenvalue weighted by atomic mass is 10.0. The highest BCUT2D eigenvalue weighted by atomic mass is 16.5. The highest BCUT2D eigenvalue weighted by molar-refractivity contribution is 5.99. The number of carbonyl (C=O) groups is 2. The summed E-state index contributed by atoms with van der Waals surface area (Å²) in [4.78, 5) is 33.0. The zero-order valence-corrected chi connectivity index (χ0v) is 27.6. The number of ether oxygens (including phenoxy) is 2. The number of rotatable bonds is 11. The van der Waals surface area contributed by atoms with Crippen LogP contribution in [-0.4, -0.2) is 104 Å². The van der Waals surface area contributed by atoms with E-state index in [0.717, 1.165) is 38.8 Å². The topological polar surface area (TPSA) is 94.6 Å². The first-order valence-corrected chi connectivity index (χ1v) is 16.1. The summed E-state index contributed by atoms with van der Waals surface area (Å²) in [6.45, 7) is 9.18. The molecule has 1 aliphatic heterocycles. The lowest BCUT2D eigenvalue weighted by Crippen LogP contribution is -2.47. The lowest BCUT2D eigenvalue weighted by Gasteiger charge is -2.36. The molecule has 0 unspecified atom stereocenters. The van der Waals surface area contributed by atoms with E-state index in [1.54, 1.807) is 23.1 Å². The number of likely N-dealkylation sites (N-methyl/N-ethyl adjacent to an activating group) is 1. The number of anilines is 1. The molecule has 1 heterocycles. The molecule has 0 spiro atoms. The Morgan fingerprint density at radius 3 is 2.57 bits per heavy atom. The summed E-state index contributed by atoms with van der Waals surface area (Å²) in [6.07, 6.45) is 3.61. The summed E-state index contributed by atoms with van der Waals surface area (Å²) in [5.41, 5.74) is 2.17. The number of nitrogens with zero attached hydrogens (tertiary/aromatic N) is 3. The molecular weight excluding hydrogens is 556 g/mol. The summed E-state index contributed by atoms with van der Waals surface area (Å²) in [6, 6.07) is 15.2. The van der Waals surface area contributed by atoms with Gasteiger partial charge in [0, 0.05) is 44.3 Å². The summed E-state index contributed by atoms with van der Waals surface area (Å²) < 4.78 is 12.8. The fourth-order valence-electron chi connectivity index (χ4n) is 5.51. The zero-order valence-electron chi connectivity index (χ0n) is 27.6. The molecule has 0 aromatic heterocycles. The second-order valence-electron chi connectivity index (χ2n) is 12.6. The van der Waals surface area contributed by atoms with Crippen LogP contribution in [0, 0.1) is 5.92 Å². The molecule has 2 N–H and O–H groups in total. The van der Waals surface area contributed by atoms with Crippen LogP contribution in [0.25, 0.3) is 0 Å². The molecule has 2 aromatic rings. The van der Waals surface area contributed by atoms with E-state index < -0.39 is 6.04 Å². The number of carbonyl (C=O) groups excluding carboxylic acids is 2. The van der Waals surface area contributed by atoms with Crippen molar-refractivity contribution in [3.63, 3.8) is 0 Å². The normalized spacial score (nSPS) is 21.0. The summed E-state index contributed by atoms with van der Waals surface area (Å²) in [7, 11) is 6.06. The standard InChI is InChI=1S/C35H54N4O5/c1-26-22-39(27(2)25-40)35(42)31-21-30(36-34(41)16-12-19-37(4)5)17-18-32(31)44-28(3)13-10-11-20-43-33(26)24-38(6)23-29-14-8-7-9-15-29/h7-9,14-15,17-18,21,26-28,33,40H,10-13,16,19-20,22-25H2,1-6H3,(H,36,41)/t26-,27-,28-,33-/m0/s1. The first-order chi connectivity index (χ1) is 21.1. The molecular formula is C35H54N4O5. The molecule has 0 radical (unpaired) electrons. The Morgan fingerprint density at radius 1 is 1.11 bits per heavy atom. The van der Waals surface area contributed by atoms with Crippen LogP contribution in [0.15, 0.2) is 48.5 Å². The molecule has 1 aliphatic rings. The second-order valence-corrected chi connectivity index (χ2v) is 12.6. The number of fused-ring (bicyclic) bond motifs is 1. The molecule has 3 rings (SSSR count). The Hall–Kier alpha value is -2.98. The van der Waals surface area contributed by atoms with Gasteiger partial charge in [0.05, 0.1) is 30.4 Å². The van der Waals surface area contributed by atoms with Crippen LogP contribution in [0.5, 0.6) is 5.75 Å². The number of benzene rings is 2. The van der Waals surface area contributed by atoms with Gasteiger partial charge in [0.25, 0.3) is 5.91 Å². The minimum atomic E-state index is -0.421. The zero-order chi connectivity index (χ0) is 32.1. The molecule has 0 aliphatic carbocycles. The SMILES string of the molecule is C[C@H]1CCCCO[C@@H](CN(C)Cc2ccccc2)[C@@H](C)CN([C@@H](C)CO)C(=O)c2cc(NC(=O)CCCN(C)C)ccc2O1. The van der Waals surface area contributed by atoms with E-state index in [0.29, 0.717) is 43.1 Å². The predicted octanol–water partition coefficient (Wildman–Crippen LogP) is 4.89. The third-order valence-corrected chi connectivity index (χ3v) is 8.13. The van der Waals surface area contributed by atoms with Crippen LogP contribution in [0.4, 0.5) is 5.69 Å². The van der Waals surface area contributed by atoms with E-state index in [1.807, 2.05) is 51.0 Å². The minimum Gasteiger partial charge on any atom is -0.490 e. The summed E-state index contributed by atoms with van der Waals surface area (Å²) in [5, 5.41) is 13.2. The average molecular weight is 611 g/mol. The van der Waals surface area contributed by atoms with Crippen molar-refractivity contribution >= 4 is 17.5 Å². The Balaban J connectivity index is 1.87. The number of aliphatic hydroxyl groups is 1. The smallest absolute Gasteiger partial charge is 0.258 e. The maximum atomic E-state index is 14.3. The third-order valence-electron chi connectivity index (χ3n) is 8.13. The Kier molecular flexibility index (Phi) is 14.6. The first-order valence-electron chi connectivity index (χ1n) is 16.1. The molecule has 2 amide bonds. The highest BCUT2D eigenvalue weighted by Crippen LogP contribution is 2.28. The van der Waals surface area contributed by atoms with Crippen molar-refractivity contribution in [2.75, 3.05) is 59.3 Å². The minimum absolute atomic E-state index is 0.00279. The van der Waals surface area contributed by atoms with Crippen LogP contribution in [0.2, 0.25) is 0 Å². The molecule has 0 saturated carbocycles.